The normalized spacial score (nSPS) is 17.3. The number of nitrogens with zero attached hydrogens (tertiary/aromatic N) is 2. The van der Waals surface area contributed by atoms with E-state index in [1.54, 1.807) is 7.11 Å². The molecule has 3 rings (SSSR count). The topological polar surface area (TPSA) is 63.3 Å². The van der Waals surface area contributed by atoms with Crippen LogP contribution in [0.1, 0.15) is 76.6 Å². The molecule has 7 heteroatoms. The second-order valence-electron chi connectivity index (χ2n) is 12.6. The lowest BCUT2D eigenvalue weighted by Crippen LogP contribution is -2.63. The number of carbonyl (C=O) groups is 1. The molecule has 0 bridgehead atoms. The van der Waals surface area contributed by atoms with Gasteiger partial charge < -0.3 is 19.5 Å². The van der Waals surface area contributed by atoms with Crippen molar-refractivity contribution in [1.82, 2.24) is 9.80 Å². The van der Waals surface area contributed by atoms with E-state index in [-0.39, 0.29) is 11.4 Å². The van der Waals surface area contributed by atoms with Crippen molar-refractivity contribution >= 4 is 11.6 Å². The smallest absolute Gasteiger partial charge is 0.238 e. The fourth-order valence-corrected chi connectivity index (χ4v) is 5.60. The minimum atomic E-state index is -0.518. The molecule has 2 aromatic rings. The van der Waals surface area contributed by atoms with E-state index in [1.807, 2.05) is 19.1 Å². The van der Waals surface area contributed by atoms with Crippen LogP contribution in [0.15, 0.2) is 30.3 Å². The average Bonchev–Trinajstić information content (AvgIpc) is 2.91. The zero-order valence-corrected chi connectivity index (χ0v) is 27.1. The van der Waals surface area contributed by atoms with E-state index in [1.165, 1.54) is 22.3 Å². The summed E-state index contributed by atoms with van der Waals surface area (Å²) in [6.45, 7) is 23.7. The zero-order chi connectivity index (χ0) is 30.4. The minimum absolute atomic E-state index is 0.0469. The van der Waals surface area contributed by atoms with E-state index in [0.717, 1.165) is 43.2 Å². The third-order valence-corrected chi connectivity index (χ3v) is 8.38. The molecule has 2 aromatic carbocycles. The monoisotopic (exact) mass is 567 g/mol. The first-order valence-corrected chi connectivity index (χ1v) is 15.1. The number of para-hydroxylation sites is 1. The Morgan fingerprint density at radius 2 is 1.73 bits per heavy atom. The first-order valence-electron chi connectivity index (χ1n) is 15.1. The van der Waals surface area contributed by atoms with Crippen LogP contribution in [0.5, 0.6) is 11.5 Å². The van der Waals surface area contributed by atoms with Gasteiger partial charge in [-0.25, -0.2) is 0 Å². The predicted octanol–water partition coefficient (Wildman–Crippen LogP) is 6.21. The second-order valence-corrected chi connectivity index (χ2v) is 12.6. The van der Waals surface area contributed by atoms with Crippen molar-refractivity contribution < 1.29 is 19.0 Å². The molecule has 7 nitrogen and oxygen atoms in total. The van der Waals surface area contributed by atoms with Crippen LogP contribution >= 0.6 is 0 Å². The summed E-state index contributed by atoms with van der Waals surface area (Å²) in [7, 11) is 1.75. The van der Waals surface area contributed by atoms with E-state index < -0.39 is 5.60 Å². The molecule has 41 heavy (non-hydrogen) atoms. The molecule has 0 saturated carbocycles. The Hall–Kier alpha value is -2.61. The largest absolute Gasteiger partial charge is 0.490 e. The van der Waals surface area contributed by atoms with Crippen LogP contribution in [0.2, 0.25) is 0 Å². The first-order chi connectivity index (χ1) is 19.3. The summed E-state index contributed by atoms with van der Waals surface area (Å²) in [6, 6.07) is 10.4. The van der Waals surface area contributed by atoms with Gasteiger partial charge in [0.1, 0.15) is 12.2 Å². The van der Waals surface area contributed by atoms with Gasteiger partial charge in [0.15, 0.2) is 11.5 Å². The number of nitrogens with one attached hydrogen (secondary N) is 1. The van der Waals surface area contributed by atoms with E-state index in [2.05, 4.69) is 88.7 Å². The molecule has 1 heterocycles. The van der Waals surface area contributed by atoms with Crippen molar-refractivity contribution in [2.75, 3.05) is 58.4 Å². The fraction of sp³-hybridized carbons (Fsp3) is 0.618. The molecule has 1 atom stereocenters. The molecule has 0 aromatic heterocycles. The highest BCUT2D eigenvalue weighted by Crippen LogP contribution is 2.33. The number of hydrogen-bond acceptors (Lipinski definition) is 6. The number of hydrogen-bond donors (Lipinski definition) is 1. The molecule has 1 saturated heterocycles. The van der Waals surface area contributed by atoms with Crippen LogP contribution in [0.4, 0.5) is 5.69 Å². The van der Waals surface area contributed by atoms with E-state index in [4.69, 9.17) is 14.2 Å². The summed E-state index contributed by atoms with van der Waals surface area (Å²) in [5.41, 5.74) is 5.06. The Bertz CT molecular complexity index is 1180. The maximum absolute atomic E-state index is 13.2. The molecule has 0 spiro atoms. The fourth-order valence-electron chi connectivity index (χ4n) is 5.60. The van der Waals surface area contributed by atoms with Crippen molar-refractivity contribution in [2.24, 2.45) is 0 Å². The molecule has 1 unspecified atom stereocenters. The van der Waals surface area contributed by atoms with Crippen LogP contribution in [0.3, 0.4) is 0 Å². The number of anilines is 1. The number of carbonyl (C=O) groups excluding carboxylic acids is 1. The van der Waals surface area contributed by atoms with Crippen LogP contribution in [-0.2, 0) is 16.0 Å². The SMILES string of the molecule is CCOc1cc(C)c(C)cc1OCC(C)(CN1CCN(CC(=O)Nc2c(CC)cccc2C(C)C)CC1(C)C)OC. The van der Waals surface area contributed by atoms with E-state index in [9.17, 15) is 4.79 Å². The highest BCUT2D eigenvalue weighted by molar-refractivity contribution is 5.94. The van der Waals surface area contributed by atoms with Gasteiger partial charge in [-0.05, 0) is 88.3 Å². The van der Waals surface area contributed by atoms with Crippen molar-refractivity contribution in [2.45, 2.75) is 85.8 Å². The molecule has 0 aliphatic carbocycles. The number of amides is 1. The van der Waals surface area contributed by atoms with Gasteiger partial charge in [-0.3, -0.25) is 14.6 Å². The number of methoxy groups -OCH3 is 1. The molecule has 1 N–H and O–H groups in total. The Labute approximate surface area is 248 Å². The Kier molecular flexibility index (Phi) is 11.3. The number of aryl methyl sites for hydroxylation is 3. The maximum atomic E-state index is 13.2. The molecular formula is C34H53N3O4. The first kappa shape index (κ1) is 32.9. The number of rotatable bonds is 13. The Balaban J connectivity index is 1.63. The third-order valence-electron chi connectivity index (χ3n) is 8.38. The van der Waals surface area contributed by atoms with Gasteiger partial charge in [-0.2, -0.15) is 0 Å². The number of piperazine rings is 1. The Morgan fingerprint density at radius 3 is 2.29 bits per heavy atom. The lowest BCUT2D eigenvalue weighted by Gasteiger charge is -2.49. The second kappa shape index (κ2) is 14.0. The highest BCUT2D eigenvalue weighted by atomic mass is 16.5. The third kappa shape index (κ3) is 8.46. The molecule has 1 aliphatic rings. The van der Waals surface area contributed by atoms with Crippen LogP contribution < -0.4 is 14.8 Å². The van der Waals surface area contributed by atoms with Crippen molar-refractivity contribution in [3.05, 3.63) is 52.6 Å². The van der Waals surface area contributed by atoms with Gasteiger partial charge in [-0.15, -0.1) is 0 Å². The summed E-state index contributed by atoms with van der Waals surface area (Å²) >= 11 is 0. The molecule has 1 amide bonds. The summed E-state index contributed by atoms with van der Waals surface area (Å²) in [5, 5.41) is 3.26. The summed E-state index contributed by atoms with van der Waals surface area (Å²) < 4.78 is 18.2. The highest BCUT2D eigenvalue weighted by Gasteiger charge is 2.39. The molecule has 0 radical (unpaired) electrons. The molecular weight excluding hydrogens is 514 g/mol. The van der Waals surface area contributed by atoms with Crippen molar-refractivity contribution in [3.8, 4) is 11.5 Å². The van der Waals surface area contributed by atoms with Crippen molar-refractivity contribution in [3.63, 3.8) is 0 Å². The summed E-state index contributed by atoms with van der Waals surface area (Å²) in [5.74, 6) is 1.91. The molecule has 1 aliphatic heterocycles. The predicted molar refractivity (Wildman–Crippen MR) is 169 cm³/mol. The molecule has 228 valence electrons. The number of ether oxygens (including phenoxy) is 3. The average molecular weight is 568 g/mol. The lowest BCUT2D eigenvalue weighted by molar-refractivity contribution is -0.120. The van der Waals surface area contributed by atoms with Crippen LogP contribution in [0.25, 0.3) is 0 Å². The standard InChI is InChI=1S/C34H53N3O4/c1-11-27-14-13-15-28(24(3)4)32(27)35-31(38)20-36-16-17-37(33(7,8)21-36)22-34(9,39-10)23-41-30-19-26(6)25(5)18-29(30)40-12-2/h13-15,18-19,24H,11-12,16-17,20-23H2,1-10H3,(H,35,38). The van der Waals surface area contributed by atoms with Gasteiger partial charge in [0.05, 0.1) is 13.2 Å². The van der Waals surface area contributed by atoms with Gasteiger partial charge in [0.2, 0.25) is 5.91 Å². The van der Waals surface area contributed by atoms with Crippen molar-refractivity contribution in [1.29, 1.82) is 0 Å². The minimum Gasteiger partial charge on any atom is -0.490 e. The van der Waals surface area contributed by atoms with Gasteiger partial charge in [-0.1, -0.05) is 39.0 Å². The van der Waals surface area contributed by atoms with Gasteiger partial charge >= 0.3 is 0 Å². The lowest BCUT2D eigenvalue weighted by atomic mass is 9.95. The maximum Gasteiger partial charge on any atom is 0.238 e. The van der Waals surface area contributed by atoms with Gasteiger partial charge in [0.25, 0.3) is 0 Å². The zero-order valence-electron chi connectivity index (χ0n) is 27.1. The van der Waals surface area contributed by atoms with Gasteiger partial charge in [0, 0.05) is 44.5 Å². The van der Waals surface area contributed by atoms with E-state index in [0.29, 0.717) is 32.2 Å². The molecule has 1 fully saturated rings. The van der Waals surface area contributed by atoms with Crippen LogP contribution in [0, 0.1) is 13.8 Å². The van der Waals surface area contributed by atoms with E-state index >= 15 is 0 Å². The summed E-state index contributed by atoms with van der Waals surface area (Å²) in [4.78, 5) is 17.9. The summed E-state index contributed by atoms with van der Waals surface area (Å²) in [6.07, 6.45) is 0.889. The quantitative estimate of drug-likeness (QED) is 0.311. The Morgan fingerprint density at radius 1 is 1.07 bits per heavy atom. The van der Waals surface area contributed by atoms with Crippen LogP contribution in [-0.4, -0.2) is 79.9 Å². The number of benzene rings is 2.